The van der Waals surface area contributed by atoms with Crippen molar-refractivity contribution in [1.82, 2.24) is 4.98 Å². The minimum atomic E-state index is -1.40. The highest BCUT2D eigenvalue weighted by Crippen LogP contribution is 2.51. The van der Waals surface area contributed by atoms with Gasteiger partial charge in [-0.25, -0.2) is 14.4 Å². The van der Waals surface area contributed by atoms with E-state index in [9.17, 15) is 19.5 Å². The molecule has 0 radical (unpaired) electrons. The number of carbonyl (C=O) groups is 2. The van der Waals surface area contributed by atoms with Gasteiger partial charge in [-0.1, -0.05) is 36.4 Å². The number of aliphatic hydroxyl groups excluding tert-OH is 1. The molecule has 2 aromatic carbocycles. The number of para-hydroxylation sites is 2. The Balaban J connectivity index is 1.31. The van der Waals surface area contributed by atoms with E-state index in [1.807, 2.05) is 0 Å². The second kappa shape index (κ2) is 11.6. The lowest BCUT2D eigenvalue weighted by Gasteiger charge is -2.51. The van der Waals surface area contributed by atoms with Gasteiger partial charge in [0.25, 0.3) is 0 Å². The molecular weight excluding hydrogens is 558 g/mol. The van der Waals surface area contributed by atoms with Gasteiger partial charge in [0.15, 0.2) is 0 Å². The first kappa shape index (κ1) is 28.0. The van der Waals surface area contributed by atoms with Gasteiger partial charge >= 0.3 is 17.9 Å². The number of aliphatic hydroxyl groups is 1. The number of rotatable bonds is 5. The monoisotopic (exact) mass is 585 g/mol. The molecule has 0 unspecified atom stereocenters. The van der Waals surface area contributed by atoms with Crippen LogP contribution in [0, 0.1) is 5.92 Å². The maximum Gasteiger partial charge on any atom is 0.514 e. The van der Waals surface area contributed by atoms with Crippen molar-refractivity contribution in [3.05, 3.63) is 107 Å². The minimum absolute atomic E-state index is 0.000262. The van der Waals surface area contributed by atoms with Gasteiger partial charge < -0.3 is 33.2 Å². The number of aromatic nitrogens is 1. The van der Waals surface area contributed by atoms with Crippen molar-refractivity contribution in [2.45, 2.75) is 43.7 Å². The van der Waals surface area contributed by atoms with Gasteiger partial charge in [0.1, 0.15) is 46.4 Å². The summed E-state index contributed by atoms with van der Waals surface area (Å²) in [5.41, 5.74) is -1.71. The normalized spacial score (nSPS) is 24.0. The number of benzene rings is 2. The fourth-order valence-electron chi connectivity index (χ4n) is 5.56. The average molecular weight is 586 g/mol. The third-order valence-corrected chi connectivity index (χ3v) is 7.66. The molecule has 11 nitrogen and oxygen atoms in total. The van der Waals surface area contributed by atoms with E-state index >= 15 is 0 Å². The van der Waals surface area contributed by atoms with Crippen LogP contribution in [0.1, 0.15) is 31.4 Å². The summed E-state index contributed by atoms with van der Waals surface area (Å²) >= 11 is 0. The summed E-state index contributed by atoms with van der Waals surface area (Å²) in [4.78, 5) is 42.8. The Labute approximate surface area is 245 Å². The van der Waals surface area contributed by atoms with Crippen LogP contribution < -0.4 is 19.8 Å². The van der Waals surface area contributed by atoms with Gasteiger partial charge in [0.05, 0.1) is 6.10 Å². The lowest BCUT2D eigenvalue weighted by Crippen LogP contribution is -2.62. The lowest BCUT2D eigenvalue weighted by molar-refractivity contribution is -0.180. The van der Waals surface area contributed by atoms with Gasteiger partial charge in [-0.15, -0.1) is 0 Å². The first-order valence-electron chi connectivity index (χ1n) is 13.6. The van der Waals surface area contributed by atoms with E-state index in [4.69, 9.17) is 28.1 Å². The Kier molecular flexibility index (Phi) is 7.56. The Bertz CT molecular complexity index is 1660. The number of carbonyl (C=O) groups excluding carboxylic acids is 2. The summed E-state index contributed by atoms with van der Waals surface area (Å²) in [6.07, 6.45) is -2.16. The van der Waals surface area contributed by atoms with Crippen LogP contribution in [-0.2, 0) is 9.47 Å². The third kappa shape index (κ3) is 5.80. The van der Waals surface area contributed by atoms with Gasteiger partial charge in [0.2, 0.25) is 0 Å². The van der Waals surface area contributed by atoms with Crippen LogP contribution >= 0.6 is 0 Å². The highest BCUT2D eigenvalue weighted by atomic mass is 16.7. The minimum Gasteiger partial charge on any atom is -0.482 e. The van der Waals surface area contributed by atoms with Crippen molar-refractivity contribution in [2.24, 2.45) is 5.92 Å². The van der Waals surface area contributed by atoms with Crippen LogP contribution in [0.5, 0.6) is 17.2 Å². The molecular formula is C32H27NO10. The van der Waals surface area contributed by atoms with E-state index in [1.165, 1.54) is 12.3 Å². The largest absolute Gasteiger partial charge is 0.514 e. The van der Waals surface area contributed by atoms with E-state index in [-0.39, 0.29) is 41.4 Å². The highest BCUT2D eigenvalue weighted by molar-refractivity contribution is 5.65. The third-order valence-electron chi connectivity index (χ3n) is 7.66. The van der Waals surface area contributed by atoms with Gasteiger partial charge in [-0.2, -0.15) is 0 Å². The fraction of sp³-hybridized carbons (Fsp3) is 0.250. The molecule has 11 heteroatoms. The molecule has 6 rings (SSSR count). The van der Waals surface area contributed by atoms with Crippen LogP contribution in [0.2, 0.25) is 0 Å². The smallest absolute Gasteiger partial charge is 0.482 e. The maximum atomic E-state index is 13.1. The van der Waals surface area contributed by atoms with Crippen LogP contribution in [0.25, 0.3) is 11.3 Å². The van der Waals surface area contributed by atoms with Crippen molar-refractivity contribution >= 4 is 12.3 Å². The predicted molar refractivity (Wildman–Crippen MR) is 150 cm³/mol. The summed E-state index contributed by atoms with van der Waals surface area (Å²) in [7, 11) is 0. The number of hydrogen-bond acceptors (Lipinski definition) is 11. The molecule has 4 aromatic rings. The lowest BCUT2D eigenvalue weighted by atomic mass is 9.68. The van der Waals surface area contributed by atoms with Crippen LogP contribution in [-0.4, -0.2) is 40.2 Å². The quantitative estimate of drug-likeness (QED) is 0.235. The Morgan fingerprint density at radius 1 is 0.907 bits per heavy atom. The Morgan fingerprint density at radius 2 is 1.56 bits per heavy atom. The first-order chi connectivity index (χ1) is 20.8. The molecule has 5 atom stereocenters. The topological polar surface area (TPSA) is 144 Å². The molecule has 2 aromatic heterocycles. The standard InChI is InChI=1S/C32H27NO10/c1-32-23(28(34)27-25(43-32)17-24(41-29(27)35)19-9-8-14-33-18-19)15-22(40-30(36)38-20-10-4-2-5-11-20)16-26(32)42-31(37)39-21-12-6-3-7-13-21/h2-14,17-18,22-23,26,28,34H,15-16H2,1H3/t22-,23+,26-,28+,32-/m1/s1. The van der Waals surface area contributed by atoms with Crippen molar-refractivity contribution in [3.63, 3.8) is 0 Å². The maximum absolute atomic E-state index is 13.1. The zero-order chi connectivity index (χ0) is 30.0. The zero-order valence-corrected chi connectivity index (χ0v) is 23.0. The molecule has 1 N–H and O–H groups in total. The molecule has 0 bridgehead atoms. The van der Waals surface area contributed by atoms with Crippen molar-refractivity contribution in [3.8, 4) is 28.6 Å². The van der Waals surface area contributed by atoms with Gasteiger partial charge in [-0.3, -0.25) is 4.98 Å². The van der Waals surface area contributed by atoms with Crippen molar-refractivity contribution in [2.75, 3.05) is 0 Å². The molecule has 3 heterocycles. The van der Waals surface area contributed by atoms with Crippen LogP contribution in [0.4, 0.5) is 9.59 Å². The molecule has 0 saturated heterocycles. The Hall–Kier alpha value is -5.16. The van der Waals surface area contributed by atoms with Crippen LogP contribution in [0.15, 0.2) is 100 Å². The van der Waals surface area contributed by atoms with Gasteiger partial charge in [0, 0.05) is 36.4 Å². The molecule has 0 amide bonds. The second-order valence-electron chi connectivity index (χ2n) is 10.4. The summed E-state index contributed by atoms with van der Waals surface area (Å²) < 4.78 is 33.9. The molecule has 2 aliphatic rings. The number of pyridine rings is 1. The molecule has 43 heavy (non-hydrogen) atoms. The number of ether oxygens (including phenoxy) is 5. The van der Waals surface area contributed by atoms with E-state index < -0.39 is 47.8 Å². The number of fused-ring (bicyclic) bond motifs is 2. The first-order valence-corrected chi connectivity index (χ1v) is 13.6. The second-order valence-corrected chi connectivity index (χ2v) is 10.4. The SMILES string of the molecule is C[C@@]12Oc3cc(-c4cccnc4)oc(=O)c3[C@@H](O)[C@@H]1C[C@@H](OC(=O)Oc1ccccc1)C[C@H]2OC(=O)Oc1ccccc1. The Morgan fingerprint density at radius 3 is 2.19 bits per heavy atom. The summed E-state index contributed by atoms with van der Waals surface area (Å²) in [6.45, 7) is 1.67. The van der Waals surface area contributed by atoms with E-state index in [2.05, 4.69) is 4.98 Å². The van der Waals surface area contributed by atoms with Gasteiger partial charge in [-0.05, 0) is 49.7 Å². The van der Waals surface area contributed by atoms with Crippen molar-refractivity contribution in [1.29, 1.82) is 0 Å². The van der Waals surface area contributed by atoms with Crippen LogP contribution in [0.3, 0.4) is 0 Å². The average Bonchev–Trinajstić information content (AvgIpc) is 2.99. The highest BCUT2D eigenvalue weighted by Gasteiger charge is 2.58. The predicted octanol–water partition coefficient (Wildman–Crippen LogP) is 5.46. The number of hydrogen-bond donors (Lipinski definition) is 1. The summed E-state index contributed by atoms with van der Waals surface area (Å²) in [5, 5.41) is 11.5. The molecule has 220 valence electrons. The molecule has 0 spiro atoms. The molecule has 1 fully saturated rings. The summed E-state index contributed by atoms with van der Waals surface area (Å²) in [5.74, 6) is -0.0470. The van der Waals surface area contributed by atoms with E-state index in [1.54, 1.807) is 85.9 Å². The van der Waals surface area contributed by atoms with E-state index in [0.717, 1.165) is 0 Å². The molecule has 1 aliphatic carbocycles. The number of nitrogens with zero attached hydrogens (tertiary/aromatic N) is 1. The summed E-state index contributed by atoms with van der Waals surface area (Å²) in [6, 6.07) is 21.6. The zero-order valence-electron chi connectivity index (χ0n) is 23.0. The van der Waals surface area contributed by atoms with E-state index in [0.29, 0.717) is 5.56 Å². The molecule has 1 saturated carbocycles. The molecule has 1 aliphatic heterocycles. The fourth-order valence-corrected chi connectivity index (χ4v) is 5.56. The van der Waals surface area contributed by atoms with Crippen molar-refractivity contribution < 1.29 is 42.8 Å².